The molecule has 0 radical (unpaired) electrons. The van der Waals surface area contributed by atoms with Crippen LogP contribution < -0.4 is 5.56 Å². The van der Waals surface area contributed by atoms with Crippen LogP contribution in [0.2, 0.25) is 5.15 Å². The number of hydrogen-bond donors (Lipinski definition) is 0. The molecular formula is C12H9BrClN5O. The van der Waals surface area contributed by atoms with E-state index < -0.39 is 0 Å². The van der Waals surface area contributed by atoms with Crippen molar-refractivity contribution >= 4 is 38.6 Å². The van der Waals surface area contributed by atoms with Crippen LogP contribution in [0.3, 0.4) is 0 Å². The van der Waals surface area contributed by atoms with Crippen LogP contribution in [0.25, 0.3) is 11.0 Å². The van der Waals surface area contributed by atoms with Gasteiger partial charge in [-0.3, -0.25) is 9.48 Å². The van der Waals surface area contributed by atoms with Gasteiger partial charge in [-0.2, -0.15) is 5.10 Å². The monoisotopic (exact) mass is 353 g/mol. The molecule has 0 atom stereocenters. The largest absolute Gasteiger partial charge is 0.307 e. The summed E-state index contributed by atoms with van der Waals surface area (Å²) in [6, 6.07) is 3.46. The Morgan fingerprint density at radius 3 is 3.00 bits per heavy atom. The smallest absolute Gasteiger partial charge is 0.265 e. The van der Waals surface area contributed by atoms with E-state index in [1.54, 1.807) is 36.3 Å². The molecule has 3 aromatic heterocycles. The second-order valence-electron chi connectivity index (χ2n) is 4.23. The van der Waals surface area contributed by atoms with E-state index in [9.17, 15) is 4.79 Å². The van der Waals surface area contributed by atoms with Gasteiger partial charge in [0.15, 0.2) is 11.5 Å². The summed E-state index contributed by atoms with van der Waals surface area (Å²) < 4.78 is 3.63. The Kier molecular flexibility index (Phi) is 3.31. The van der Waals surface area contributed by atoms with Crippen molar-refractivity contribution in [2.75, 3.05) is 0 Å². The molecule has 0 aliphatic carbocycles. The van der Waals surface area contributed by atoms with Gasteiger partial charge in [0.1, 0.15) is 5.15 Å². The molecule has 0 unspecified atom stereocenters. The van der Waals surface area contributed by atoms with Crippen molar-refractivity contribution in [3.63, 3.8) is 0 Å². The lowest BCUT2D eigenvalue weighted by Gasteiger charge is -2.06. The lowest BCUT2D eigenvalue weighted by Crippen LogP contribution is -2.21. The summed E-state index contributed by atoms with van der Waals surface area (Å²) in [5.74, 6) is 0.464. The predicted molar refractivity (Wildman–Crippen MR) is 78.8 cm³/mol. The highest BCUT2D eigenvalue weighted by Gasteiger charge is 2.11. The fourth-order valence-corrected chi connectivity index (χ4v) is 2.50. The Morgan fingerprint density at radius 2 is 2.20 bits per heavy atom. The van der Waals surface area contributed by atoms with E-state index in [-0.39, 0.29) is 12.1 Å². The molecule has 0 aromatic carbocycles. The van der Waals surface area contributed by atoms with Crippen LogP contribution in [-0.4, -0.2) is 24.3 Å². The van der Waals surface area contributed by atoms with Gasteiger partial charge in [-0.25, -0.2) is 9.97 Å². The van der Waals surface area contributed by atoms with Gasteiger partial charge in [0.2, 0.25) is 0 Å². The molecule has 3 rings (SSSR count). The molecule has 0 N–H and O–H groups in total. The summed E-state index contributed by atoms with van der Waals surface area (Å²) in [7, 11) is 1.78. The first-order valence-electron chi connectivity index (χ1n) is 5.75. The van der Waals surface area contributed by atoms with E-state index in [4.69, 9.17) is 11.6 Å². The molecule has 102 valence electrons. The SMILES string of the molecule is Cn1ncc2c(Cl)nc(Cn3cccc(Br)c3=O)nc21. The van der Waals surface area contributed by atoms with Crippen LogP contribution in [-0.2, 0) is 13.6 Å². The average molecular weight is 355 g/mol. The van der Waals surface area contributed by atoms with Crippen molar-refractivity contribution in [1.29, 1.82) is 0 Å². The highest BCUT2D eigenvalue weighted by Crippen LogP contribution is 2.19. The summed E-state index contributed by atoms with van der Waals surface area (Å²) >= 11 is 9.32. The molecule has 6 nitrogen and oxygen atoms in total. The second kappa shape index (κ2) is 4.99. The molecule has 8 heteroatoms. The normalized spacial score (nSPS) is 11.2. The number of aryl methyl sites for hydroxylation is 1. The van der Waals surface area contributed by atoms with Crippen LogP contribution >= 0.6 is 27.5 Å². The van der Waals surface area contributed by atoms with E-state index in [1.165, 1.54) is 4.57 Å². The first-order chi connectivity index (χ1) is 9.56. The summed E-state index contributed by atoms with van der Waals surface area (Å²) in [6.45, 7) is 0.249. The van der Waals surface area contributed by atoms with E-state index in [0.717, 1.165) is 0 Å². The zero-order valence-corrected chi connectivity index (χ0v) is 12.8. The number of halogens is 2. The maximum atomic E-state index is 11.9. The van der Waals surface area contributed by atoms with Crippen LogP contribution in [0.4, 0.5) is 0 Å². The van der Waals surface area contributed by atoms with Crippen molar-refractivity contribution < 1.29 is 0 Å². The zero-order chi connectivity index (χ0) is 14.3. The zero-order valence-electron chi connectivity index (χ0n) is 10.4. The Labute approximate surface area is 127 Å². The van der Waals surface area contributed by atoms with E-state index in [2.05, 4.69) is 31.0 Å². The highest BCUT2D eigenvalue weighted by atomic mass is 79.9. The Hall–Kier alpha value is -1.73. The highest BCUT2D eigenvalue weighted by molar-refractivity contribution is 9.10. The van der Waals surface area contributed by atoms with Gasteiger partial charge < -0.3 is 4.57 Å². The van der Waals surface area contributed by atoms with E-state index >= 15 is 0 Å². The fraction of sp³-hybridized carbons (Fsp3) is 0.167. The number of aromatic nitrogens is 5. The molecule has 0 amide bonds. The third kappa shape index (κ3) is 2.23. The minimum absolute atomic E-state index is 0.141. The number of nitrogens with zero attached hydrogens (tertiary/aromatic N) is 5. The first-order valence-corrected chi connectivity index (χ1v) is 6.92. The van der Waals surface area contributed by atoms with Gasteiger partial charge in [-0.1, -0.05) is 11.6 Å². The Bertz CT molecular complexity index is 857. The fourth-order valence-electron chi connectivity index (χ4n) is 1.89. The second-order valence-corrected chi connectivity index (χ2v) is 5.44. The average Bonchev–Trinajstić information content (AvgIpc) is 2.78. The number of hydrogen-bond acceptors (Lipinski definition) is 4. The molecule has 0 bridgehead atoms. The molecule has 0 saturated carbocycles. The minimum Gasteiger partial charge on any atom is -0.307 e. The summed E-state index contributed by atoms with van der Waals surface area (Å²) in [5.41, 5.74) is 0.500. The van der Waals surface area contributed by atoms with Crippen molar-refractivity contribution in [1.82, 2.24) is 24.3 Å². The van der Waals surface area contributed by atoms with Gasteiger partial charge in [0.05, 0.1) is 22.6 Å². The van der Waals surface area contributed by atoms with E-state index in [0.29, 0.717) is 26.5 Å². The minimum atomic E-state index is -0.141. The summed E-state index contributed by atoms with van der Waals surface area (Å²) in [5, 5.41) is 5.12. The quantitative estimate of drug-likeness (QED) is 0.660. The summed E-state index contributed by atoms with van der Waals surface area (Å²) in [6.07, 6.45) is 3.30. The molecule has 0 aliphatic rings. The van der Waals surface area contributed by atoms with E-state index in [1.807, 2.05) is 0 Å². The molecule has 20 heavy (non-hydrogen) atoms. The Morgan fingerprint density at radius 1 is 1.40 bits per heavy atom. The van der Waals surface area contributed by atoms with Crippen LogP contribution in [0.15, 0.2) is 33.8 Å². The number of rotatable bonds is 2. The molecule has 0 saturated heterocycles. The lowest BCUT2D eigenvalue weighted by molar-refractivity contribution is 0.708. The number of pyridine rings is 1. The topological polar surface area (TPSA) is 65.6 Å². The van der Waals surface area contributed by atoms with Crippen molar-refractivity contribution in [3.05, 3.63) is 50.3 Å². The van der Waals surface area contributed by atoms with Crippen molar-refractivity contribution in [2.24, 2.45) is 7.05 Å². The standard InChI is InChI=1S/C12H9BrClN5O/c1-18-11-7(5-15-18)10(14)16-9(17-11)6-19-4-2-3-8(13)12(19)20/h2-5H,6H2,1H3. The van der Waals surface area contributed by atoms with Gasteiger partial charge in [0, 0.05) is 13.2 Å². The molecule has 0 spiro atoms. The summed E-state index contributed by atoms with van der Waals surface area (Å²) in [4.78, 5) is 20.5. The maximum Gasteiger partial charge on any atom is 0.265 e. The van der Waals surface area contributed by atoms with Crippen molar-refractivity contribution in [2.45, 2.75) is 6.54 Å². The maximum absolute atomic E-state index is 11.9. The lowest BCUT2D eigenvalue weighted by atomic mass is 10.4. The molecule has 0 aliphatic heterocycles. The van der Waals surface area contributed by atoms with Gasteiger partial charge >= 0.3 is 0 Å². The molecule has 0 fully saturated rings. The number of fused-ring (bicyclic) bond motifs is 1. The van der Waals surface area contributed by atoms with Gasteiger partial charge in [-0.15, -0.1) is 0 Å². The third-order valence-corrected chi connectivity index (χ3v) is 3.77. The predicted octanol–water partition coefficient (Wildman–Crippen LogP) is 1.99. The third-order valence-electron chi connectivity index (χ3n) is 2.88. The Balaban J connectivity index is 2.09. The first kappa shape index (κ1) is 13.3. The van der Waals surface area contributed by atoms with Crippen molar-refractivity contribution in [3.8, 4) is 0 Å². The van der Waals surface area contributed by atoms with Gasteiger partial charge in [-0.05, 0) is 28.1 Å². The molecule has 3 heterocycles. The van der Waals surface area contributed by atoms with Gasteiger partial charge in [0.25, 0.3) is 5.56 Å². The van der Waals surface area contributed by atoms with Crippen LogP contribution in [0, 0.1) is 0 Å². The molecule has 3 aromatic rings. The van der Waals surface area contributed by atoms with Crippen LogP contribution in [0.5, 0.6) is 0 Å². The molecular weight excluding hydrogens is 346 g/mol. The van der Waals surface area contributed by atoms with Crippen LogP contribution in [0.1, 0.15) is 5.82 Å².